The van der Waals surface area contributed by atoms with Crippen LogP contribution in [0.25, 0.3) is 0 Å². The molecule has 0 aliphatic carbocycles. The van der Waals surface area contributed by atoms with Gasteiger partial charge >= 0.3 is 6.09 Å². The van der Waals surface area contributed by atoms with Crippen molar-refractivity contribution in [3.63, 3.8) is 0 Å². The number of carbonyl (C=O) groups is 1. The summed E-state index contributed by atoms with van der Waals surface area (Å²) >= 11 is 0. The fourth-order valence-corrected chi connectivity index (χ4v) is 2.07. The molecule has 0 saturated carbocycles. The maximum Gasteiger partial charge on any atom is 0.409 e. The molecule has 1 aliphatic rings. The zero-order chi connectivity index (χ0) is 15.1. The minimum absolute atomic E-state index is 0.255. The molecule has 0 aromatic carbocycles. The fourth-order valence-electron chi connectivity index (χ4n) is 2.07. The van der Waals surface area contributed by atoms with Crippen molar-refractivity contribution in [2.24, 2.45) is 0 Å². The summed E-state index contributed by atoms with van der Waals surface area (Å²) in [5.41, 5.74) is 0. The van der Waals surface area contributed by atoms with Crippen molar-refractivity contribution in [3.8, 4) is 0 Å². The van der Waals surface area contributed by atoms with Crippen LogP contribution >= 0.6 is 0 Å². The zero-order valence-corrected chi connectivity index (χ0v) is 12.6. The predicted octanol–water partition coefficient (Wildman–Crippen LogP) is 0.972. The Morgan fingerprint density at radius 3 is 2.76 bits per heavy atom. The number of rotatable bonds is 5. The van der Waals surface area contributed by atoms with Gasteiger partial charge < -0.3 is 19.9 Å². The number of aromatic nitrogens is 3. The number of piperazine rings is 1. The molecule has 0 radical (unpaired) electrons. The van der Waals surface area contributed by atoms with Crippen molar-refractivity contribution < 1.29 is 9.53 Å². The van der Waals surface area contributed by atoms with Gasteiger partial charge in [0, 0.05) is 32.7 Å². The standard InChI is InChI=1S/C13H22N6O2/c1-3-5-14-11-10-15-17-12(16-11)18-6-8-19(9-7-18)13(20)21-4-2/h10H,3-9H2,1-2H3,(H,14,16,17). The lowest BCUT2D eigenvalue weighted by Gasteiger charge is -2.33. The van der Waals surface area contributed by atoms with E-state index in [9.17, 15) is 4.79 Å². The second-order valence-electron chi connectivity index (χ2n) is 4.74. The monoisotopic (exact) mass is 294 g/mol. The summed E-state index contributed by atoms with van der Waals surface area (Å²) < 4.78 is 5.00. The molecule has 2 rings (SSSR count). The second kappa shape index (κ2) is 7.61. The summed E-state index contributed by atoms with van der Waals surface area (Å²) in [5, 5.41) is 11.2. The first-order chi connectivity index (χ1) is 10.2. The number of ether oxygens (including phenoxy) is 1. The van der Waals surface area contributed by atoms with Crippen LogP contribution in [-0.4, -0.2) is 65.5 Å². The quantitative estimate of drug-likeness (QED) is 0.866. The summed E-state index contributed by atoms with van der Waals surface area (Å²) in [4.78, 5) is 19.8. The van der Waals surface area contributed by atoms with Gasteiger partial charge in [0.15, 0.2) is 5.82 Å². The second-order valence-corrected chi connectivity index (χ2v) is 4.74. The Balaban J connectivity index is 1.91. The Bertz CT molecular complexity index is 462. The topological polar surface area (TPSA) is 83.5 Å². The summed E-state index contributed by atoms with van der Waals surface area (Å²) in [6, 6.07) is 0. The third kappa shape index (κ3) is 4.17. The molecule has 8 nitrogen and oxygen atoms in total. The Labute approximate surface area is 124 Å². The molecule has 1 fully saturated rings. The van der Waals surface area contributed by atoms with Crippen molar-refractivity contribution in [2.45, 2.75) is 20.3 Å². The van der Waals surface area contributed by atoms with Gasteiger partial charge in [-0.15, -0.1) is 5.10 Å². The van der Waals surface area contributed by atoms with Crippen LogP contribution in [0.5, 0.6) is 0 Å². The predicted molar refractivity (Wildman–Crippen MR) is 79.4 cm³/mol. The van der Waals surface area contributed by atoms with E-state index in [4.69, 9.17) is 4.74 Å². The fraction of sp³-hybridized carbons (Fsp3) is 0.692. The minimum atomic E-state index is -0.255. The van der Waals surface area contributed by atoms with Gasteiger partial charge in [-0.25, -0.2) is 4.79 Å². The number of nitrogens with zero attached hydrogens (tertiary/aromatic N) is 5. The molecule has 1 aromatic heterocycles. The Morgan fingerprint density at radius 1 is 1.33 bits per heavy atom. The number of hydrogen-bond acceptors (Lipinski definition) is 7. The lowest BCUT2D eigenvalue weighted by Crippen LogP contribution is -2.49. The largest absolute Gasteiger partial charge is 0.450 e. The lowest BCUT2D eigenvalue weighted by atomic mass is 10.3. The molecule has 0 unspecified atom stereocenters. The third-order valence-corrected chi connectivity index (χ3v) is 3.19. The van der Waals surface area contributed by atoms with Crippen molar-refractivity contribution in [2.75, 3.05) is 49.5 Å². The highest BCUT2D eigenvalue weighted by atomic mass is 16.6. The molecule has 21 heavy (non-hydrogen) atoms. The zero-order valence-electron chi connectivity index (χ0n) is 12.6. The molecule has 0 spiro atoms. The van der Waals surface area contributed by atoms with Crippen molar-refractivity contribution >= 4 is 17.9 Å². The Hall–Kier alpha value is -2.12. The first kappa shape index (κ1) is 15.3. The van der Waals surface area contributed by atoms with Crippen LogP contribution in [0, 0.1) is 0 Å². The molecular formula is C13H22N6O2. The van der Waals surface area contributed by atoms with Gasteiger partial charge in [0.1, 0.15) is 0 Å². The third-order valence-electron chi connectivity index (χ3n) is 3.19. The molecule has 1 aromatic rings. The van der Waals surface area contributed by atoms with Crippen LogP contribution in [0.15, 0.2) is 6.20 Å². The average molecular weight is 294 g/mol. The van der Waals surface area contributed by atoms with E-state index >= 15 is 0 Å². The van der Waals surface area contributed by atoms with E-state index < -0.39 is 0 Å². The van der Waals surface area contributed by atoms with Crippen molar-refractivity contribution in [1.29, 1.82) is 0 Å². The van der Waals surface area contributed by atoms with Gasteiger partial charge in [-0.05, 0) is 13.3 Å². The molecule has 0 atom stereocenters. The van der Waals surface area contributed by atoms with E-state index in [1.165, 1.54) is 0 Å². The van der Waals surface area contributed by atoms with Gasteiger partial charge in [-0.3, -0.25) is 0 Å². The van der Waals surface area contributed by atoms with E-state index in [2.05, 4.69) is 27.4 Å². The van der Waals surface area contributed by atoms with E-state index in [0.29, 0.717) is 38.7 Å². The number of nitrogens with one attached hydrogen (secondary N) is 1. The first-order valence-electron chi connectivity index (χ1n) is 7.34. The number of hydrogen-bond donors (Lipinski definition) is 1. The summed E-state index contributed by atoms with van der Waals surface area (Å²) in [5.74, 6) is 1.33. The average Bonchev–Trinajstić information content (AvgIpc) is 2.53. The Kier molecular flexibility index (Phi) is 5.53. The van der Waals surface area contributed by atoms with Crippen LogP contribution in [0.2, 0.25) is 0 Å². The Morgan fingerprint density at radius 2 is 2.10 bits per heavy atom. The molecule has 2 heterocycles. The van der Waals surface area contributed by atoms with Crippen LogP contribution in [0.3, 0.4) is 0 Å². The molecular weight excluding hydrogens is 272 g/mol. The van der Waals surface area contributed by atoms with E-state index in [0.717, 1.165) is 18.8 Å². The van der Waals surface area contributed by atoms with E-state index in [1.54, 1.807) is 11.1 Å². The first-order valence-corrected chi connectivity index (χ1v) is 7.34. The maximum atomic E-state index is 11.6. The summed E-state index contributed by atoms with van der Waals surface area (Å²) in [6.45, 7) is 7.73. The van der Waals surface area contributed by atoms with Crippen LogP contribution in [0.1, 0.15) is 20.3 Å². The highest BCUT2D eigenvalue weighted by molar-refractivity contribution is 5.68. The van der Waals surface area contributed by atoms with Crippen LogP contribution < -0.4 is 10.2 Å². The summed E-state index contributed by atoms with van der Waals surface area (Å²) in [7, 11) is 0. The van der Waals surface area contributed by atoms with Gasteiger partial charge in [0.05, 0.1) is 12.8 Å². The van der Waals surface area contributed by atoms with Crippen molar-refractivity contribution in [3.05, 3.63) is 6.20 Å². The smallest absolute Gasteiger partial charge is 0.409 e. The number of carbonyl (C=O) groups excluding carboxylic acids is 1. The van der Waals surface area contributed by atoms with E-state index in [-0.39, 0.29) is 6.09 Å². The molecule has 1 amide bonds. The van der Waals surface area contributed by atoms with Crippen LogP contribution in [0.4, 0.5) is 16.6 Å². The summed E-state index contributed by atoms with van der Waals surface area (Å²) in [6.07, 6.45) is 2.39. The highest BCUT2D eigenvalue weighted by Crippen LogP contribution is 2.12. The van der Waals surface area contributed by atoms with E-state index in [1.807, 2.05) is 11.8 Å². The molecule has 1 saturated heterocycles. The SMILES string of the molecule is CCCNc1cnnc(N2CCN(C(=O)OCC)CC2)n1. The van der Waals surface area contributed by atoms with Gasteiger partial charge in [-0.1, -0.05) is 6.92 Å². The van der Waals surface area contributed by atoms with Gasteiger partial charge in [-0.2, -0.15) is 10.1 Å². The number of anilines is 2. The highest BCUT2D eigenvalue weighted by Gasteiger charge is 2.23. The lowest BCUT2D eigenvalue weighted by molar-refractivity contribution is 0.105. The number of amides is 1. The normalized spacial score (nSPS) is 15.0. The molecule has 8 heteroatoms. The molecule has 1 N–H and O–H groups in total. The van der Waals surface area contributed by atoms with Crippen molar-refractivity contribution in [1.82, 2.24) is 20.1 Å². The minimum Gasteiger partial charge on any atom is -0.450 e. The van der Waals surface area contributed by atoms with Gasteiger partial charge in [0.25, 0.3) is 0 Å². The molecule has 0 bridgehead atoms. The molecule has 1 aliphatic heterocycles. The maximum absolute atomic E-state index is 11.6. The van der Waals surface area contributed by atoms with Crippen LogP contribution in [-0.2, 0) is 4.74 Å². The molecule has 116 valence electrons. The van der Waals surface area contributed by atoms with Gasteiger partial charge in [0.2, 0.25) is 5.95 Å².